The molecule has 1 aromatic rings. The predicted octanol–water partition coefficient (Wildman–Crippen LogP) is 1.96. The molecule has 88 valence electrons. The average Bonchev–Trinajstić information content (AvgIpc) is 2.30. The molecule has 0 saturated carbocycles. The Labute approximate surface area is 101 Å². The Kier molecular flexibility index (Phi) is 4.74. The highest BCUT2D eigenvalue weighted by Gasteiger charge is 2.19. The van der Waals surface area contributed by atoms with Crippen LogP contribution in [-0.2, 0) is 14.6 Å². The van der Waals surface area contributed by atoms with Gasteiger partial charge in [0.05, 0.1) is 0 Å². The van der Waals surface area contributed by atoms with Gasteiger partial charge in [-0.2, -0.15) is 0 Å². The summed E-state index contributed by atoms with van der Waals surface area (Å²) in [5.41, 5.74) is 1.46. The Morgan fingerprint density at radius 2 is 1.94 bits per heavy atom. The van der Waals surface area contributed by atoms with Crippen LogP contribution >= 0.6 is 0 Å². The van der Waals surface area contributed by atoms with Gasteiger partial charge in [0.15, 0.2) is 0 Å². The van der Waals surface area contributed by atoms with Gasteiger partial charge in [0.1, 0.15) is 0 Å². The molecule has 0 aliphatic rings. The molecule has 3 heteroatoms. The van der Waals surface area contributed by atoms with Crippen molar-refractivity contribution in [1.82, 2.24) is 0 Å². The SMILES string of the molecule is CC(C)(CCCC(=O)O[SiH3])c1ccccc1. The number of carbonyl (C=O) groups excluding carboxylic acids is 1. The highest BCUT2D eigenvalue weighted by Crippen LogP contribution is 2.28. The van der Waals surface area contributed by atoms with Crippen molar-refractivity contribution in [3.8, 4) is 0 Å². The van der Waals surface area contributed by atoms with Crippen LogP contribution in [0.3, 0.4) is 0 Å². The van der Waals surface area contributed by atoms with Gasteiger partial charge >= 0.3 is 0 Å². The Morgan fingerprint density at radius 3 is 2.50 bits per heavy atom. The van der Waals surface area contributed by atoms with Gasteiger partial charge in [0.25, 0.3) is 5.97 Å². The second kappa shape index (κ2) is 5.85. The first-order valence-corrected chi connectivity index (χ1v) is 6.50. The van der Waals surface area contributed by atoms with Crippen LogP contribution in [0.15, 0.2) is 30.3 Å². The summed E-state index contributed by atoms with van der Waals surface area (Å²) in [6.07, 6.45) is 2.44. The van der Waals surface area contributed by atoms with E-state index in [0.29, 0.717) is 16.9 Å². The molecule has 0 heterocycles. The molecule has 1 aromatic carbocycles. The predicted molar refractivity (Wildman–Crippen MR) is 69.4 cm³/mol. The first-order valence-electron chi connectivity index (χ1n) is 5.68. The fourth-order valence-corrected chi connectivity index (χ4v) is 2.01. The monoisotopic (exact) mass is 236 g/mol. The summed E-state index contributed by atoms with van der Waals surface area (Å²) in [4.78, 5) is 11.0. The quantitative estimate of drug-likeness (QED) is 0.731. The van der Waals surface area contributed by atoms with Crippen molar-refractivity contribution in [1.29, 1.82) is 0 Å². The van der Waals surface area contributed by atoms with Crippen LogP contribution in [0.1, 0.15) is 38.7 Å². The molecule has 0 amide bonds. The lowest BCUT2D eigenvalue weighted by atomic mass is 9.80. The molecule has 0 spiro atoms. The van der Waals surface area contributed by atoms with Crippen molar-refractivity contribution in [2.24, 2.45) is 0 Å². The summed E-state index contributed by atoms with van der Waals surface area (Å²) in [6.45, 7) is 4.43. The Hall–Kier alpha value is -1.09. The van der Waals surface area contributed by atoms with E-state index in [1.54, 1.807) is 0 Å². The van der Waals surface area contributed by atoms with Crippen LogP contribution in [0, 0.1) is 0 Å². The lowest BCUT2D eigenvalue weighted by Crippen LogP contribution is -2.17. The highest BCUT2D eigenvalue weighted by molar-refractivity contribution is 6.05. The number of carbonyl (C=O) groups is 1. The van der Waals surface area contributed by atoms with Gasteiger partial charge in [0.2, 0.25) is 10.5 Å². The maximum atomic E-state index is 11.0. The van der Waals surface area contributed by atoms with E-state index in [1.165, 1.54) is 5.56 Å². The number of benzene rings is 1. The smallest absolute Gasteiger partial charge is 0.291 e. The van der Waals surface area contributed by atoms with Gasteiger partial charge in [-0.25, -0.2) is 0 Å². The second-order valence-electron chi connectivity index (χ2n) is 4.68. The van der Waals surface area contributed by atoms with Crippen LogP contribution in [-0.4, -0.2) is 16.5 Å². The Morgan fingerprint density at radius 1 is 1.31 bits per heavy atom. The van der Waals surface area contributed by atoms with Gasteiger partial charge < -0.3 is 4.43 Å². The molecular weight excluding hydrogens is 216 g/mol. The third kappa shape index (κ3) is 3.81. The van der Waals surface area contributed by atoms with Crippen molar-refractivity contribution >= 4 is 16.5 Å². The van der Waals surface area contributed by atoms with E-state index in [-0.39, 0.29) is 11.4 Å². The first kappa shape index (κ1) is 13.0. The third-order valence-corrected chi connectivity index (χ3v) is 3.42. The fourth-order valence-electron chi connectivity index (χ4n) is 1.81. The summed E-state index contributed by atoms with van der Waals surface area (Å²) >= 11 is 0. The van der Waals surface area contributed by atoms with Crippen LogP contribution in [0.2, 0.25) is 0 Å². The minimum absolute atomic E-state index is 0.0597. The van der Waals surface area contributed by atoms with Gasteiger partial charge in [0, 0.05) is 6.42 Å². The van der Waals surface area contributed by atoms with Crippen LogP contribution < -0.4 is 0 Å². The zero-order valence-corrected chi connectivity index (χ0v) is 12.3. The topological polar surface area (TPSA) is 26.3 Å². The molecule has 0 aliphatic carbocycles. The molecule has 0 saturated heterocycles. The largest absolute Gasteiger partial charge is 0.529 e. The molecule has 0 aromatic heterocycles. The average molecular weight is 236 g/mol. The molecule has 16 heavy (non-hydrogen) atoms. The van der Waals surface area contributed by atoms with Crippen molar-refractivity contribution in [2.45, 2.75) is 38.5 Å². The summed E-state index contributed by atoms with van der Waals surface area (Å²) in [6, 6.07) is 10.4. The van der Waals surface area contributed by atoms with E-state index in [9.17, 15) is 4.79 Å². The normalized spacial score (nSPS) is 11.4. The van der Waals surface area contributed by atoms with E-state index < -0.39 is 0 Å². The Balaban J connectivity index is 2.49. The number of hydrogen-bond acceptors (Lipinski definition) is 2. The van der Waals surface area contributed by atoms with E-state index in [4.69, 9.17) is 4.43 Å². The maximum Gasteiger partial charge on any atom is 0.291 e. The second-order valence-corrected chi connectivity index (χ2v) is 5.09. The number of rotatable bonds is 5. The fraction of sp³-hybridized carbons (Fsp3) is 0.462. The molecule has 0 fully saturated rings. The molecule has 0 aliphatic heterocycles. The van der Waals surface area contributed by atoms with Crippen LogP contribution in [0.5, 0.6) is 0 Å². The Bertz CT molecular complexity index is 333. The van der Waals surface area contributed by atoms with Crippen molar-refractivity contribution in [3.63, 3.8) is 0 Å². The molecule has 0 N–H and O–H groups in total. The zero-order valence-electron chi connectivity index (χ0n) is 10.3. The molecule has 0 radical (unpaired) electrons. The van der Waals surface area contributed by atoms with Crippen LogP contribution in [0.25, 0.3) is 0 Å². The lowest BCUT2D eigenvalue weighted by molar-refractivity contribution is -0.134. The molecule has 1 rings (SSSR count). The summed E-state index contributed by atoms with van der Waals surface area (Å²) < 4.78 is 4.77. The zero-order chi connectivity index (χ0) is 12.0. The van der Waals surface area contributed by atoms with E-state index in [1.807, 2.05) is 6.07 Å². The minimum atomic E-state index is -0.0597. The van der Waals surface area contributed by atoms with E-state index in [2.05, 4.69) is 38.1 Å². The van der Waals surface area contributed by atoms with Crippen molar-refractivity contribution < 1.29 is 9.22 Å². The third-order valence-electron chi connectivity index (χ3n) is 2.97. The first-order chi connectivity index (χ1) is 7.56. The molecule has 2 nitrogen and oxygen atoms in total. The molecule has 0 bridgehead atoms. The van der Waals surface area contributed by atoms with E-state index >= 15 is 0 Å². The van der Waals surface area contributed by atoms with Crippen molar-refractivity contribution in [3.05, 3.63) is 35.9 Å². The highest BCUT2D eigenvalue weighted by atomic mass is 28.2. The molecular formula is C13H20O2Si. The van der Waals surface area contributed by atoms with E-state index in [0.717, 1.165) is 12.8 Å². The van der Waals surface area contributed by atoms with Gasteiger partial charge in [-0.05, 0) is 23.8 Å². The van der Waals surface area contributed by atoms with Gasteiger partial charge in [-0.3, -0.25) is 4.79 Å². The van der Waals surface area contributed by atoms with Crippen LogP contribution in [0.4, 0.5) is 0 Å². The number of hydrogen-bond donors (Lipinski definition) is 0. The van der Waals surface area contributed by atoms with Gasteiger partial charge in [-0.1, -0.05) is 44.2 Å². The molecule has 0 atom stereocenters. The maximum absolute atomic E-state index is 11.0. The summed E-state index contributed by atoms with van der Waals surface area (Å²) in [5, 5.41) is 0. The standard InChI is InChI=1S/C13H20O2Si/c1-13(2,10-6-9-12(14)15-16)11-7-4-3-5-8-11/h3-5,7-8H,6,9-10H2,1-2,16H3. The lowest BCUT2D eigenvalue weighted by Gasteiger charge is -2.25. The molecule has 0 unspecified atom stereocenters. The van der Waals surface area contributed by atoms with Crippen molar-refractivity contribution in [2.75, 3.05) is 0 Å². The summed E-state index contributed by atoms with van der Waals surface area (Å²) in [5.74, 6) is -0.0597. The summed E-state index contributed by atoms with van der Waals surface area (Å²) in [7, 11) is 0.505. The van der Waals surface area contributed by atoms with Gasteiger partial charge in [-0.15, -0.1) is 0 Å². The minimum Gasteiger partial charge on any atom is -0.529 e.